The lowest BCUT2D eigenvalue weighted by Crippen LogP contribution is -2.28. The second-order valence-electron chi connectivity index (χ2n) is 5.83. The van der Waals surface area contributed by atoms with Crippen LogP contribution in [0, 0.1) is 5.92 Å². The quantitative estimate of drug-likeness (QED) is 0.708. The summed E-state index contributed by atoms with van der Waals surface area (Å²) in [5, 5.41) is 0. The van der Waals surface area contributed by atoms with Crippen molar-refractivity contribution in [1.82, 2.24) is 4.72 Å². The van der Waals surface area contributed by atoms with Crippen molar-refractivity contribution in [3.8, 4) is 5.75 Å². The maximum atomic E-state index is 12.0. The SMILES string of the molecule is CC/C=C/CS(=O)(=O)N[C@H](C)c1cccc(OCC2CC2)c1. The predicted molar refractivity (Wildman–Crippen MR) is 89.4 cm³/mol. The summed E-state index contributed by atoms with van der Waals surface area (Å²) >= 11 is 0. The standard InChI is InChI=1S/C17H25NO3S/c1-3-4-5-11-22(19,20)18-14(2)16-7-6-8-17(12-16)21-13-15-9-10-15/h4-8,12,14-15,18H,3,9-11,13H2,1-2H3/b5-4+/t14-/m1/s1. The molecule has 1 atom stereocenters. The van der Waals surface area contributed by atoms with Crippen LogP contribution in [0.5, 0.6) is 5.75 Å². The van der Waals surface area contributed by atoms with Gasteiger partial charge in [0.05, 0.1) is 12.4 Å². The molecule has 4 nitrogen and oxygen atoms in total. The van der Waals surface area contributed by atoms with E-state index in [4.69, 9.17) is 4.74 Å². The summed E-state index contributed by atoms with van der Waals surface area (Å²) in [5.74, 6) is 1.52. The van der Waals surface area contributed by atoms with Crippen LogP contribution in [-0.4, -0.2) is 20.8 Å². The highest BCUT2D eigenvalue weighted by Gasteiger charge is 2.22. The molecule has 0 aromatic heterocycles. The van der Waals surface area contributed by atoms with Gasteiger partial charge in [0.2, 0.25) is 10.0 Å². The molecular formula is C17H25NO3S. The minimum absolute atomic E-state index is 0.0169. The van der Waals surface area contributed by atoms with Gasteiger partial charge < -0.3 is 4.74 Å². The number of sulfonamides is 1. The molecule has 1 aromatic rings. The van der Waals surface area contributed by atoms with Crippen molar-refractivity contribution in [3.05, 3.63) is 42.0 Å². The third-order valence-corrected chi connectivity index (χ3v) is 4.96. The zero-order valence-electron chi connectivity index (χ0n) is 13.3. The lowest BCUT2D eigenvalue weighted by atomic mass is 10.1. The van der Waals surface area contributed by atoms with Gasteiger partial charge >= 0.3 is 0 Å². The predicted octanol–water partition coefficient (Wildman–Crippen LogP) is 3.42. The number of nitrogens with one attached hydrogen (secondary N) is 1. The Hall–Kier alpha value is -1.33. The molecule has 5 heteroatoms. The summed E-state index contributed by atoms with van der Waals surface area (Å²) in [6.07, 6.45) is 6.88. The topological polar surface area (TPSA) is 55.4 Å². The molecule has 22 heavy (non-hydrogen) atoms. The van der Waals surface area contributed by atoms with Crippen LogP contribution in [0.15, 0.2) is 36.4 Å². The van der Waals surface area contributed by atoms with Crippen molar-refractivity contribution in [2.24, 2.45) is 5.92 Å². The fourth-order valence-corrected chi connectivity index (χ4v) is 3.28. The Morgan fingerprint density at radius 1 is 1.36 bits per heavy atom. The van der Waals surface area contributed by atoms with Crippen LogP contribution in [0.1, 0.15) is 44.7 Å². The highest BCUT2D eigenvalue weighted by atomic mass is 32.2. The van der Waals surface area contributed by atoms with E-state index in [1.54, 1.807) is 6.08 Å². The van der Waals surface area contributed by atoms with E-state index in [2.05, 4.69) is 4.72 Å². The van der Waals surface area contributed by atoms with Crippen molar-refractivity contribution in [1.29, 1.82) is 0 Å². The first-order valence-electron chi connectivity index (χ1n) is 7.88. The van der Waals surface area contributed by atoms with Gasteiger partial charge in [-0.25, -0.2) is 13.1 Å². The largest absolute Gasteiger partial charge is 0.493 e. The second kappa shape index (κ2) is 7.79. The van der Waals surface area contributed by atoms with Gasteiger partial charge in [-0.1, -0.05) is 31.2 Å². The summed E-state index contributed by atoms with van der Waals surface area (Å²) in [7, 11) is -3.31. The Balaban J connectivity index is 1.94. The molecular weight excluding hydrogens is 298 g/mol. The summed E-state index contributed by atoms with van der Waals surface area (Å²) < 4.78 is 32.5. The monoisotopic (exact) mass is 323 g/mol. The molecule has 0 bridgehead atoms. The van der Waals surface area contributed by atoms with E-state index in [-0.39, 0.29) is 11.8 Å². The molecule has 0 amide bonds. The normalized spacial score (nSPS) is 16.8. The minimum atomic E-state index is -3.31. The van der Waals surface area contributed by atoms with Gasteiger partial charge in [0, 0.05) is 6.04 Å². The summed E-state index contributed by atoms with van der Waals surface area (Å²) in [6, 6.07) is 7.37. The highest BCUT2D eigenvalue weighted by Crippen LogP contribution is 2.30. The highest BCUT2D eigenvalue weighted by molar-refractivity contribution is 7.89. The Morgan fingerprint density at radius 3 is 2.82 bits per heavy atom. The average Bonchev–Trinajstić information content (AvgIpc) is 3.29. The van der Waals surface area contributed by atoms with E-state index in [0.717, 1.165) is 24.3 Å². The average molecular weight is 323 g/mol. The van der Waals surface area contributed by atoms with Crippen LogP contribution >= 0.6 is 0 Å². The summed E-state index contributed by atoms with van der Waals surface area (Å²) in [4.78, 5) is 0. The lowest BCUT2D eigenvalue weighted by Gasteiger charge is -2.15. The maximum absolute atomic E-state index is 12.0. The third kappa shape index (κ3) is 5.81. The van der Waals surface area contributed by atoms with Crippen molar-refractivity contribution in [3.63, 3.8) is 0 Å². The van der Waals surface area contributed by atoms with Crippen LogP contribution in [0.4, 0.5) is 0 Å². The minimum Gasteiger partial charge on any atom is -0.493 e. The van der Waals surface area contributed by atoms with Crippen molar-refractivity contribution in [2.75, 3.05) is 12.4 Å². The molecule has 1 saturated carbocycles. The molecule has 1 aliphatic carbocycles. The first-order valence-corrected chi connectivity index (χ1v) is 9.53. The molecule has 0 aliphatic heterocycles. The molecule has 122 valence electrons. The lowest BCUT2D eigenvalue weighted by molar-refractivity contribution is 0.299. The molecule has 0 heterocycles. The number of hydrogen-bond acceptors (Lipinski definition) is 3. The molecule has 0 unspecified atom stereocenters. The Kier molecular flexibility index (Phi) is 6.03. The number of ether oxygens (including phenoxy) is 1. The summed E-state index contributed by atoms with van der Waals surface area (Å²) in [6.45, 7) is 4.58. The van der Waals surface area contributed by atoms with Crippen LogP contribution in [0.25, 0.3) is 0 Å². The van der Waals surface area contributed by atoms with Crippen LogP contribution in [-0.2, 0) is 10.0 Å². The first-order chi connectivity index (χ1) is 10.5. The van der Waals surface area contributed by atoms with Gasteiger partial charge in [-0.2, -0.15) is 0 Å². The van der Waals surface area contributed by atoms with E-state index in [0.29, 0.717) is 5.92 Å². The van der Waals surface area contributed by atoms with Crippen molar-refractivity contribution in [2.45, 2.75) is 39.2 Å². The first kappa shape index (κ1) is 17.0. The molecule has 1 N–H and O–H groups in total. The smallest absolute Gasteiger partial charge is 0.215 e. The molecule has 1 aliphatic rings. The zero-order valence-corrected chi connectivity index (χ0v) is 14.1. The third-order valence-electron chi connectivity index (χ3n) is 3.62. The second-order valence-corrected chi connectivity index (χ2v) is 7.63. The molecule has 2 rings (SSSR count). The van der Waals surface area contributed by atoms with Crippen LogP contribution in [0.3, 0.4) is 0 Å². The number of hydrogen-bond donors (Lipinski definition) is 1. The Morgan fingerprint density at radius 2 is 2.14 bits per heavy atom. The van der Waals surface area contributed by atoms with Crippen LogP contribution < -0.4 is 9.46 Å². The van der Waals surface area contributed by atoms with E-state index < -0.39 is 10.0 Å². The zero-order chi connectivity index (χ0) is 16.0. The number of benzene rings is 1. The van der Waals surface area contributed by atoms with Crippen LogP contribution in [0.2, 0.25) is 0 Å². The van der Waals surface area contributed by atoms with Crippen molar-refractivity contribution < 1.29 is 13.2 Å². The van der Waals surface area contributed by atoms with Gasteiger partial charge in [-0.3, -0.25) is 0 Å². The van der Waals surface area contributed by atoms with E-state index >= 15 is 0 Å². The fraction of sp³-hybridized carbons (Fsp3) is 0.529. The molecule has 1 aromatic carbocycles. The van der Waals surface area contributed by atoms with E-state index in [1.165, 1.54) is 12.8 Å². The van der Waals surface area contributed by atoms with E-state index in [9.17, 15) is 8.42 Å². The van der Waals surface area contributed by atoms with E-state index in [1.807, 2.05) is 44.2 Å². The number of rotatable bonds is 9. The fourth-order valence-electron chi connectivity index (χ4n) is 2.12. The Labute approximate surface area is 133 Å². The van der Waals surface area contributed by atoms with Gasteiger partial charge in [-0.05, 0) is 49.8 Å². The molecule has 0 radical (unpaired) electrons. The van der Waals surface area contributed by atoms with Gasteiger partial charge in [0.15, 0.2) is 0 Å². The molecule has 0 saturated heterocycles. The summed E-state index contributed by atoms with van der Waals surface area (Å²) in [5.41, 5.74) is 0.913. The Bertz CT molecular complexity index is 606. The molecule has 1 fully saturated rings. The number of allylic oxidation sites excluding steroid dienone is 1. The van der Waals surface area contributed by atoms with Gasteiger partial charge in [0.1, 0.15) is 5.75 Å². The van der Waals surface area contributed by atoms with Gasteiger partial charge in [-0.15, -0.1) is 0 Å². The maximum Gasteiger partial charge on any atom is 0.215 e. The van der Waals surface area contributed by atoms with Crippen molar-refractivity contribution >= 4 is 10.0 Å². The molecule has 0 spiro atoms. The van der Waals surface area contributed by atoms with Gasteiger partial charge in [0.25, 0.3) is 0 Å².